The van der Waals surface area contributed by atoms with Gasteiger partial charge in [-0.15, -0.1) is 0 Å². The average molecular weight is 128 g/mol. The van der Waals surface area contributed by atoms with Gasteiger partial charge in [0, 0.05) is 6.61 Å². The Morgan fingerprint density at radius 2 is 2.22 bits per heavy atom. The first-order chi connectivity index (χ1) is 4.19. The zero-order chi connectivity index (χ0) is 6.91. The molecule has 0 saturated heterocycles. The first-order valence-electron chi connectivity index (χ1n) is 3.83. The zero-order valence-electron chi connectivity index (χ0n) is 6.61. The number of hydrogen-bond donors (Lipinski definition) is 0. The van der Waals surface area contributed by atoms with E-state index in [1.165, 1.54) is 6.42 Å². The van der Waals surface area contributed by atoms with Crippen LogP contribution in [0.4, 0.5) is 0 Å². The van der Waals surface area contributed by atoms with Crippen molar-refractivity contribution in [1.82, 2.24) is 0 Å². The van der Waals surface area contributed by atoms with Crippen molar-refractivity contribution in [3.8, 4) is 0 Å². The summed E-state index contributed by atoms with van der Waals surface area (Å²) in [6, 6.07) is 0. The molecule has 1 saturated carbocycles. The molecule has 0 heterocycles. The van der Waals surface area contributed by atoms with Crippen molar-refractivity contribution >= 4 is 0 Å². The van der Waals surface area contributed by atoms with E-state index in [2.05, 4.69) is 20.8 Å². The van der Waals surface area contributed by atoms with E-state index in [1.54, 1.807) is 0 Å². The first-order valence-corrected chi connectivity index (χ1v) is 3.83. The van der Waals surface area contributed by atoms with E-state index in [0.29, 0.717) is 0 Å². The highest BCUT2D eigenvalue weighted by Crippen LogP contribution is 2.45. The van der Waals surface area contributed by atoms with Crippen LogP contribution < -0.4 is 0 Å². The lowest BCUT2D eigenvalue weighted by Crippen LogP contribution is -2.11. The summed E-state index contributed by atoms with van der Waals surface area (Å²) in [5, 5.41) is 0. The zero-order valence-corrected chi connectivity index (χ0v) is 6.61. The average Bonchev–Trinajstić information content (AvgIpc) is 2.38. The summed E-state index contributed by atoms with van der Waals surface area (Å²) < 4.78 is 5.60. The minimum Gasteiger partial charge on any atom is -0.375 e. The molecule has 1 nitrogen and oxygen atoms in total. The van der Waals surface area contributed by atoms with Crippen molar-refractivity contribution < 1.29 is 4.74 Å². The lowest BCUT2D eigenvalue weighted by Gasteiger charge is -2.09. The highest BCUT2D eigenvalue weighted by molar-refractivity contribution is 4.98. The van der Waals surface area contributed by atoms with Crippen molar-refractivity contribution in [1.29, 1.82) is 0 Å². The molecule has 1 aliphatic carbocycles. The van der Waals surface area contributed by atoms with Crippen LogP contribution in [0.25, 0.3) is 0 Å². The third-order valence-corrected chi connectivity index (χ3v) is 2.23. The summed E-state index contributed by atoms with van der Waals surface area (Å²) in [7, 11) is 0. The van der Waals surface area contributed by atoms with Gasteiger partial charge in [0.15, 0.2) is 0 Å². The summed E-state index contributed by atoms with van der Waals surface area (Å²) in [6.45, 7) is 7.53. The van der Waals surface area contributed by atoms with Crippen LogP contribution in [0.15, 0.2) is 0 Å². The third kappa shape index (κ3) is 1.45. The molecule has 1 aliphatic rings. The van der Waals surface area contributed by atoms with Crippen molar-refractivity contribution in [2.75, 3.05) is 6.61 Å². The molecule has 0 bridgehead atoms. The van der Waals surface area contributed by atoms with Crippen LogP contribution in [0, 0.1) is 5.92 Å². The van der Waals surface area contributed by atoms with E-state index in [-0.39, 0.29) is 5.60 Å². The topological polar surface area (TPSA) is 9.23 Å². The van der Waals surface area contributed by atoms with Gasteiger partial charge in [-0.05, 0) is 25.7 Å². The number of ether oxygens (including phenoxy) is 1. The molecule has 0 aromatic carbocycles. The van der Waals surface area contributed by atoms with Crippen molar-refractivity contribution in [3.63, 3.8) is 0 Å². The minimum atomic E-state index is 0.260. The second kappa shape index (κ2) is 2.30. The Kier molecular flexibility index (Phi) is 1.80. The van der Waals surface area contributed by atoms with Crippen LogP contribution >= 0.6 is 0 Å². The highest BCUT2D eigenvalue weighted by atomic mass is 16.5. The molecule has 0 aromatic rings. The molecule has 0 amide bonds. The fourth-order valence-electron chi connectivity index (χ4n) is 1.09. The molecule has 1 heteroatoms. The van der Waals surface area contributed by atoms with Gasteiger partial charge in [0.25, 0.3) is 0 Å². The molecule has 1 fully saturated rings. The first kappa shape index (κ1) is 7.07. The van der Waals surface area contributed by atoms with Crippen LogP contribution in [0.1, 0.15) is 33.6 Å². The Bertz CT molecular complexity index is 101. The van der Waals surface area contributed by atoms with Gasteiger partial charge in [0.1, 0.15) is 0 Å². The summed E-state index contributed by atoms with van der Waals surface area (Å²) in [4.78, 5) is 0. The highest BCUT2D eigenvalue weighted by Gasteiger charge is 2.47. The predicted molar refractivity (Wildman–Crippen MR) is 38.4 cm³/mol. The molecular weight excluding hydrogens is 112 g/mol. The molecule has 9 heavy (non-hydrogen) atoms. The van der Waals surface area contributed by atoms with Crippen LogP contribution in [-0.4, -0.2) is 12.2 Å². The lowest BCUT2D eigenvalue weighted by atomic mass is 10.3. The monoisotopic (exact) mass is 128 g/mol. The molecule has 0 N–H and O–H groups in total. The summed E-state index contributed by atoms with van der Waals surface area (Å²) in [5.74, 6) is 0.795. The standard InChI is InChI=1S/C8H16O/c1-4-5-9-8(3)6-7(8)2/h7H,4-6H2,1-3H3. The van der Waals surface area contributed by atoms with Gasteiger partial charge >= 0.3 is 0 Å². The van der Waals surface area contributed by atoms with Gasteiger partial charge in [-0.1, -0.05) is 13.8 Å². The molecule has 0 aromatic heterocycles. The van der Waals surface area contributed by atoms with Crippen LogP contribution in [0.5, 0.6) is 0 Å². The Morgan fingerprint density at radius 1 is 1.67 bits per heavy atom. The van der Waals surface area contributed by atoms with Crippen molar-refractivity contribution in [2.45, 2.75) is 39.2 Å². The summed E-state index contributed by atoms with van der Waals surface area (Å²) in [5.41, 5.74) is 0.260. The molecule has 54 valence electrons. The van der Waals surface area contributed by atoms with Gasteiger partial charge in [-0.25, -0.2) is 0 Å². The number of hydrogen-bond acceptors (Lipinski definition) is 1. The smallest absolute Gasteiger partial charge is 0.0684 e. The molecule has 2 unspecified atom stereocenters. The molecule has 0 aliphatic heterocycles. The van der Waals surface area contributed by atoms with Crippen molar-refractivity contribution in [3.05, 3.63) is 0 Å². The Balaban J connectivity index is 2.13. The van der Waals surface area contributed by atoms with E-state index in [0.717, 1.165) is 18.9 Å². The fraction of sp³-hybridized carbons (Fsp3) is 1.00. The van der Waals surface area contributed by atoms with Crippen LogP contribution in [0.3, 0.4) is 0 Å². The van der Waals surface area contributed by atoms with E-state index >= 15 is 0 Å². The second-order valence-corrected chi connectivity index (χ2v) is 3.27. The molecule has 0 radical (unpaired) electrons. The van der Waals surface area contributed by atoms with Gasteiger partial charge in [-0.2, -0.15) is 0 Å². The van der Waals surface area contributed by atoms with Crippen LogP contribution in [-0.2, 0) is 4.74 Å². The minimum absolute atomic E-state index is 0.260. The van der Waals surface area contributed by atoms with E-state index in [4.69, 9.17) is 4.74 Å². The van der Waals surface area contributed by atoms with E-state index in [9.17, 15) is 0 Å². The maximum atomic E-state index is 5.60. The second-order valence-electron chi connectivity index (χ2n) is 3.27. The SMILES string of the molecule is CCCOC1(C)CC1C. The third-order valence-electron chi connectivity index (χ3n) is 2.23. The fourth-order valence-corrected chi connectivity index (χ4v) is 1.09. The van der Waals surface area contributed by atoms with E-state index in [1.807, 2.05) is 0 Å². The van der Waals surface area contributed by atoms with Crippen LogP contribution in [0.2, 0.25) is 0 Å². The largest absolute Gasteiger partial charge is 0.375 e. The molecular formula is C8H16O. The van der Waals surface area contributed by atoms with Gasteiger partial charge in [0.2, 0.25) is 0 Å². The van der Waals surface area contributed by atoms with Gasteiger partial charge < -0.3 is 4.74 Å². The maximum Gasteiger partial charge on any atom is 0.0684 e. The Morgan fingerprint density at radius 3 is 2.56 bits per heavy atom. The molecule has 2 atom stereocenters. The van der Waals surface area contributed by atoms with Crippen molar-refractivity contribution in [2.24, 2.45) is 5.92 Å². The summed E-state index contributed by atoms with van der Waals surface area (Å²) >= 11 is 0. The Labute approximate surface area is 57.4 Å². The lowest BCUT2D eigenvalue weighted by molar-refractivity contribution is 0.0364. The Hall–Kier alpha value is -0.0400. The molecule has 1 rings (SSSR count). The van der Waals surface area contributed by atoms with E-state index < -0.39 is 0 Å². The predicted octanol–water partition coefficient (Wildman–Crippen LogP) is 2.21. The summed E-state index contributed by atoms with van der Waals surface area (Å²) in [6.07, 6.45) is 2.40. The number of rotatable bonds is 3. The quantitative estimate of drug-likeness (QED) is 0.566. The molecule has 0 spiro atoms. The van der Waals surface area contributed by atoms with Gasteiger partial charge in [-0.3, -0.25) is 0 Å². The van der Waals surface area contributed by atoms with Gasteiger partial charge in [0.05, 0.1) is 5.60 Å². The normalized spacial score (nSPS) is 41.0. The maximum absolute atomic E-state index is 5.60.